The molecule has 11 heteroatoms. The van der Waals surface area contributed by atoms with Crippen molar-refractivity contribution in [3.63, 3.8) is 0 Å². The number of hydrogen-bond donors (Lipinski definition) is 0. The minimum absolute atomic E-state index is 0.201. The van der Waals surface area contributed by atoms with E-state index in [2.05, 4.69) is 22.2 Å². The van der Waals surface area contributed by atoms with Gasteiger partial charge in [-0.05, 0) is 0 Å². The van der Waals surface area contributed by atoms with E-state index in [1.807, 2.05) is 0 Å². The number of rotatable bonds is 8. The molecule has 0 spiro atoms. The van der Waals surface area contributed by atoms with Crippen molar-refractivity contribution in [3.05, 3.63) is 6.20 Å². The third-order valence-electron chi connectivity index (χ3n) is 3.99. The number of esters is 3. The summed E-state index contributed by atoms with van der Waals surface area (Å²) in [4.78, 5) is 36.1. The molecule has 30 heavy (non-hydrogen) atoms. The van der Waals surface area contributed by atoms with Crippen molar-refractivity contribution in [2.24, 2.45) is 0 Å². The monoisotopic (exact) mass is 418 g/mol. The summed E-state index contributed by atoms with van der Waals surface area (Å²) < 4.78 is 22.8. The number of anilines is 1. The van der Waals surface area contributed by atoms with Crippen LogP contribution in [0.15, 0.2) is 6.20 Å². The minimum Gasteiger partial charge on any atom is -0.463 e. The number of hydrogen-bond acceptors (Lipinski definition) is 10. The van der Waals surface area contributed by atoms with E-state index in [0.717, 1.165) is 0 Å². The standard InChI is InChI=1S/C19H22N4O7/c1-6-8-22(9-7-2)16-10-23(21-20-16)19-18(29-14(5)26)17(28-13(4)25)15(30-19)11-27-12(3)24/h1-2,10,15,17-19H,8-9,11H2,3-5H3/t15-,17?,18?,19-/m1/s1. The summed E-state index contributed by atoms with van der Waals surface area (Å²) in [5.74, 6) is 3.53. The molecule has 160 valence electrons. The van der Waals surface area contributed by atoms with Gasteiger partial charge >= 0.3 is 17.9 Å². The first kappa shape index (κ1) is 22.7. The van der Waals surface area contributed by atoms with Crippen molar-refractivity contribution in [3.8, 4) is 24.7 Å². The molecule has 0 bridgehead atoms. The number of carbonyl (C=O) groups is 3. The first-order valence-corrected chi connectivity index (χ1v) is 8.93. The zero-order valence-corrected chi connectivity index (χ0v) is 16.8. The Labute approximate surface area is 173 Å². The molecule has 1 aromatic heterocycles. The van der Waals surface area contributed by atoms with Crippen molar-refractivity contribution in [1.82, 2.24) is 15.0 Å². The summed E-state index contributed by atoms with van der Waals surface area (Å²) in [6.45, 7) is 3.82. The van der Waals surface area contributed by atoms with E-state index in [1.54, 1.807) is 4.90 Å². The molecule has 2 unspecified atom stereocenters. The quantitative estimate of drug-likeness (QED) is 0.315. The van der Waals surface area contributed by atoms with Crippen molar-refractivity contribution in [2.45, 2.75) is 45.3 Å². The molecule has 0 amide bonds. The lowest BCUT2D eigenvalue weighted by atomic mass is 10.1. The maximum absolute atomic E-state index is 11.7. The van der Waals surface area contributed by atoms with Gasteiger partial charge < -0.3 is 23.8 Å². The fourth-order valence-corrected chi connectivity index (χ4v) is 2.88. The topological polar surface area (TPSA) is 122 Å². The molecular formula is C19H22N4O7. The van der Waals surface area contributed by atoms with Crippen LogP contribution in [0.25, 0.3) is 0 Å². The second-order valence-corrected chi connectivity index (χ2v) is 6.34. The smallest absolute Gasteiger partial charge is 0.303 e. The van der Waals surface area contributed by atoms with E-state index in [1.165, 1.54) is 31.6 Å². The number of carbonyl (C=O) groups excluding carboxylic acids is 3. The van der Waals surface area contributed by atoms with Crippen LogP contribution in [0.5, 0.6) is 0 Å². The Morgan fingerprint density at radius 2 is 1.70 bits per heavy atom. The lowest BCUT2D eigenvalue weighted by Gasteiger charge is -2.23. The van der Waals surface area contributed by atoms with E-state index >= 15 is 0 Å². The lowest BCUT2D eigenvalue weighted by molar-refractivity contribution is -0.166. The number of aromatic nitrogens is 3. The van der Waals surface area contributed by atoms with E-state index in [4.69, 9.17) is 31.8 Å². The summed E-state index contributed by atoms with van der Waals surface area (Å²) in [7, 11) is 0. The highest BCUT2D eigenvalue weighted by atomic mass is 16.7. The van der Waals surface area contributed by atoms with Crippen LogP contribution in [-0.2, 0) is 33.3 Å². The molecule has 1 aromatic rings. The van der Waals surface area contributed by atoms with Crippen molar-refractivity contribution < 1.29 is 33.3 Å². The molecule has 0 radical (unpaired) electrons. The molecule has 1 saturated heterocycles. The van der Waals surface area contributed by atoms with Gasteiger partial charge in [-0.3, -0.25) is 14.4 Å². The predicted octanol–water partition coefficient (Wildman–Crippen LogP) is -0.325. The highest BCUT2D eigenvalue weighted by Crippen LogP contribution is 2.34. The van der Waals surface area contributed by atoms with Crippen LogP contribution in [0.3, 0.4) is 0 Å². The van der Waals surface area contributed by atoms with Gasteiger partial charge in [0.05, 0.1) is 19.3 Å². The Hall–Kier alpha value is -3.57. The molecular weight excluding hydrogens is 396 g/mol. The summed E-state index contributed by atoms with van der Waals surface area (Å²) in [6.07, 6.45) is 8.23. The first-order valence-electron chi connectivity index (χ1n) is 8.93. The molecule has 11 nitrogen and oxygen atoms in total. The molecule has 0 aromatic carbocycles. The van der Waals surface area contributed by atoms with Crippen LogP contribution in [-0.4, -0.2) is 70.9 Å². The third kappa shape index (κ3) is 5.72. The highest BCUT2D eigenvalue weighted by molar-refractivity contribution is 5.68. The largest absolute Gasteiger partial charge is 0.463 e. The Balaban J connectivity index is 2.34. The van der Waals surface area contributed by atoms with Gasteiger partial charge in [-0.15, -0.1) is 17.9 Å². The van der Waals surface area contributed by atoms with E-state index in [9.17, 15) is 14.4 Å². The molecule has 0 saturated carbocycles. The van der Waals surface area contributed by atoms with Gasteiger partial charge in [-0.2, -0.15) is 0 Å². The van der Waals surface area contributed by atoms with Gasteiger partial charge in [0.25, 0.3) is 0 Å². The Bertz CT molecular complexity index is 853. The van der Waals surface area contributed by atoms with E-state index < -0.39 is 42.4 Å². The van der Waals surface area contributed by atoms with Gasteiger partial charge in [0.2, 0.25) is 0 Å². The van der Waals surface area contributed by atoms with Crippen LogP contribution in [0.4, 0.5) is 5.82 Å². The fraction of sp³-hybridized carbons (Fsp3) is 0.526. The molecule has 2 heterocycles. The lowest BCUT2D eigenvalue weighted by Crippen LogP contribution is -2.40. The van der Waals surface area contributed by atoms with Gasteiger partial charge in [0.15, 0.2) is 24.3 Å². The zero-order chi connectivity index (χ0) is 22.3. The average molecular weight is 418 g/mol. The molecule has 2 rings (SSSR count). The maximum Gasteiger partial charge on any atom is 0.303 e. The Morgan fingerprint density at radius 1 is 1.10 bits per heavy atom. The van der Waals surface area contributed by atoms with Gasteiger partial charge in [-0.1, -0.05) is 17.1 Å². The summed E-state index contributed by atoms with van der Waals surface area (Å²) in [5.41, 5.74) is 0. The predicted molar refractivity (Wildman–Crippen MR) is 102 cm³/mol. The number of ether oxygens (including phenoxy) is 4. The van der Waals surface area contributed by atoms with E-state index in [-0.39, 0.29) is 19.7 Å². The minimum atomic E-state index is -1.06. The van der Waals surface area contributed by atoms with Crippen molar-refractivity contribution in [1.29, 1.82) is 0 Å². The normalized spacial score (nSPS) is 22.4. The second-order valence-electron chi connectivity index (χ2n) is 6.34. The Morgan fingerprint density at radius 3 is 2.23 bits per heavy atom. The van der Waals surface area contributed by atoms with Crippen LogP contribution < -0.4 is 4.90 Å². The summed E-state index contributed by atoms with van der Waals surface area (Å²) >= 11 is 0. The van der Waals surface area contributed by atoms with Gasteiger partial charge in [0, 0.05) is 20.8 Å². The number of terminal acetylenes is 2. The molecule has 1 fully saturated rings. The maximum atomic E-state index is 11.7. The van der Waals surface area contributed by atoms with Crippen molar-refractivity contribution in [2.75, 3.05) is 24.6 Å². The summed E-state index contributed by atoms with van der Waals surface area (Å²) in [5, 5.41) is 8.04. The molecule has 0 aliphatic carbocycles. The molecule has 1 aliphatic heterocycles. The fourth-order valence-electron chi connectivity index (χ4n) is 2.88. The molecule has 0 N–H and O–H groups in total. The Kier molecular flexibility index (Phi) is 7.78. The van der Waals surface area contributed by atoms with Gasteiger partial charge in [0.1, 0.15) is 12.7 Å². The third-order valence-corrected chi connectivity index (χ3v) is 3.99. The van der Waals surface area contributed by atoms with Crippen LogP contribution >= 0.6 is 0 Å². The molecule has 4 atom stereocenters. The van der Waals surface area contributed by atoms with Gasteiger partial charge in [-0.25, -0.2) is 4.68 Å². The van der Waals surface area contributed by atoms with Crippen LogP contribution in [0.1, 0.15) is 27.0 Å². The van der Waals surface area contributed by atoms with Crippen LogP contribution in [0.2, 0.25) is 0 Å². The SMILES string of the molecule is C#CCN(CC#C)c1cn([C@@H]2O[C@H](COC(C)=O)C(OC(C)=O)C2OC(C)=O)nn1. The second kappa shape index (κ2) is 10.3. The highest BCUT2D eigenvalue weighted by Gasteiger charge is 2.51. The molecule has 1 aliphatic rings. The van der Waals surface area contributed by atoms with E-state index in [0.29, 0.717) is 5.82 Å². The zero-order valence-electron chi connectivity index (χ0n) is 16.8. The number of nitrogens with zero attached hydrogens (tertiary/aromatic N) is 4. The average Bonchev–Trinajstić information content (AvgIpc) is 3.25. The summed E-state index contributed by atoms with van der Waals surface area (Å²) in [6, 6.07) is 0. The van der Waals surface area contributed by atoms with Crippen molar-refractivity contribution >= 4 is 23.7 Å². The van der Waals surface area contributed by atoms with Crippen LogP contribution in [0, 0.1) is 24.7 Å². The first-order chi connectivity index (χ1) is 14.3.